The molecule has 10 radical (unpaired) electrons. The lowest BCUT2D eigenvalue weighted by Crippen LogP contribution is -2.10. The van der Waals surface area contributed by atoms with Crippen LogP contribution in [0.3, 0.4) is 0 Å². The van der Waals surface area contributed by atoms with Crippen LogP contribution in [0.15, 0.2) is 47.4 Å². The van der Waals surface area contributed by atoms with Crippen molar-refractivity contribution in [3.63, 3.8) is 0 Å². The zero-order valence-corrected chi connectivity index (χ0v) is 11.6. The van der Waals surface area contributed by atoms with Gasteiger partial charge in [-0.15, -0.1) is 12.1 Å². The Kier molecular flexibility index (Phi) is 6.48. The number of hydrogen-bond acceptors (Lipinski definition) is 0. The van der Waals surface area contributed by atoms with Crippen LogP contribution in [0.25, 0.3) is 0 Å². The van der Waals surface area contributed by atoms with Crippen LogP contribution in [0, 0.1) is 0 Å². The summed E-state index contributed by atoms with van der Waals surface area (Å²) in [6, 6.07) is 0. The van der Waals surface area contributed by atoms with E-state index in [0.717, 1.165) is 5.57 Å². The quantitative estimate of drug-likeness (QED) is 0.547. The Labute approximate surface area is 125 Å². The Morgan fingerprint density at radius 1 is 1.17 bits per heavy atom. The van der Waals surface area contributed by atoms with Gasteiger partial charge in [-0.3, -0.25) is 0 Å². The summed E-state index contributed by atoms with van der Waals surface area (Å²) in [4.78, 5) is 0.0609. The van der Waals surface area contributed by atoms with Gasteiger partial charge >= 0.3 is 0 Å². The van der Waals surface area contributed by atoms with E-state index in [4.69, 9.17) is 39.2 Å². The van der Waals surface area contributed by atoms with Crippen molar-refractivity contribution in [2.45, 2.75) is 22.3 Å². The van der Waals surface area contributed by atoms with E-state index in [9.17, 15) is 0 Å². The van der Waals surface area contributed by atoms with Crippen LogP contribution < -0.4 is 0 Å². The van der Waals surface area contributed by atoms with E-state index in [1.54, 1.807) is 12.2 Å². The molecule has 0 N–H and O–H groups in total. The molecule has 0 bridgehead atoms. The summed E-state index contributed by atoms with van der Waals surface area (Å²) in [6.45, 7) is 0. The van der Waals surface area contributed by atoms with E-state index >= 15 is 0 Å². The number of hydrogen-bond donors (Lipinski definition) is 0. The number of rotatable bonds is 4. The summed E-state index contributed by atoms with van der Waals surface area (Å²) in [7, 11) is 28.7. The lowest BCUT2D eigenvalue weighted by molar-refractivity contribution is 1.03. The average molecular weight is 288 g/mol. The molecule has 80 valence electrons. The van der Waals surface area contributed by atoms with Crippen LogP contribution in [0.2, 0.25) is 17.5 Å². The van der Waals surface area contributed by atoms with Crippen molar-refractivity contribution in [1.29, 1.82) is 0 Å². The molecule has 0 saturated carbocycles. The smallest absolute Gasteiger partial charge is 0.114 e. The fourth-order valence-corrected chi connectivity index (χ4v) is 1.96. The maximum Gasteiger partial charge on any atom is 0.114 e. The first-order valence-electron chi connectivity index (χ1n) is 5.62. The third-order valence-corrected chi connectivity index (χ3v) is 3.56. The maximum absolute atomic E-state index is 5.90. The van der Waals surface area contributed by atoms with Gasteiger partial charge in [-0.25, -0.2) is 0 Å². The molecule has 4 unspecified atom stereocenters. The van der Waals surface area contributed by atoms with Crippen molar-refractivity contribution in [2.24, 2.45) is 0 Å². The summed E-state index contributed by atoms with van der Waals surface area (Å²) in [5.41, 5.74) is 1.53. The van der Waals surface area contributed by atoms with Gasteiger partial charge < -0.3 is 0 Å². The molecule has 0 fully saturated rings. The minimum atomic E-state index is -0.323. The summed E-state index contributed by atoms with van der Waals surface area (Å²) < 4.78 is 0. The van der Waals surface area contributed by atoms with E-state index in [1.807, 2.05) is 18.2 Å². The number of alkyl halides is 1. The van der Waals surface area contributed by atoms with E-state index in [2.05, 4.69) is 15.9 Å². The van der Waals surface area contributed by atoms with Gasteiger partial charge in [0.2, 0.25) is 0 Å². The molecule has 6 heteroatoms. The second-order valence-corrected chi connectivity index (χ2v) is 5.22. The largest absolute Gasteiger partial charge is 0.136 e. The van der Waals surface area contributed by atoms with Crippen molar-refractivity contribution >= 4 is 55.2 Å². The van der Waals surface area contributed by atoms with Gasteiger partial charge in [0.15, 0.2) is 0 Å². The molecular weight excluding hydrogens is 278 g/mol. The molecule has 18 heavy (non-hydrogen) atoms. The molecule has 0 nitrogen and oxygen atoms in total. The first-order valence-corrected chi connectivity index (χ1v) is 6.54. The molecule has 0 amide bonds. The lowest BCUT2D eigenvalue weighted by atomic mass is 9.65. The van der Waals surface area contributed by atoms with E-state index < -0.39 is 0 Å². The fraction of sp³-hybridized carbons (Fsp3) is 0.333. The second kappa shape index (κ2) is 7.38. The molecule has 0 aromatic rings. The Hall–Kier alpha value is -0.235. The van der Waals surface area contributed by atoms with Crippen molar-refractivity contribution < 1.29 is 0 Å². The highest BCUT2D eigenvalue weighted by molar-refractivity contribution is 9.09. The van der Waals surface area contributed by atoms with E-state index in [0.29, 0.717) is 5.47 Å². The molecule has 0 aromatic heterocycles. The van der Waals surface area contributed by atoms with Crippen LogP contribution >= 0.6 is 15.9 Å². The first-order chi connectivity index (χ1) is 8.45. The molecule has 1 aliphatic carbocycles. The molecule has 0 aromatic carbocycles. The highest BCUT2D eigenvalue weighted by Gasteiger charge is 2.15. The highest BCUT2D eigenvalue weighted by Crippen LogP contribution is 2.30. The fourth-order valence-electron chi connectivity index (χ4n) is 1.53. The molecule has 0 spiro atoms. The summed E-state index contributed by atoms with van der Waals surface area (Å²) in [5, 5.41) is 0. The van der Waals surface area contributed by atoms with E-state index in [-0.39, 0.29) is 22.3 Å². The normalized spacial score (nSPS) is 28.1. The average Bonchev–Trinajstić information content (AvgIpc) is 2.32. The van der Waals surface area contributed by atoms with Crippen molar-refractivity contribution in [3.8, 4) is 0 Å². The minimum absolute atomic E-state index is 0.0609. The van der Waals surface area contributed by atoms with Gasteiger partial charge in [0.05, 0.1) is 23.5 Å². The molecule has 1 aliphatic rings. The van der Waals surface area contributed by atoms with Crippen LogP contribution in [0.1, 0.15) is 0 Å². The monoisotopic (exact) mass is 288 g/mol. The summed E-state index contributed by atoms with van der Waals surface area (Å²) in [6.07, 6.45) is 9.03. The number of allylic oxidation sites excluding steroid dienone is 7. The first kappa shape index (κ1) is 15.8. The zero-order valence-electron chi connectivity index (χ0n) is 10.0. The maximum atomic E-state index is 5.90. The van der Waals surface area contributed by atoms with Gasteiger partial charge in [0.25, 0.3) is 0 Å². The Bertz CT molecular complexity index is 399. The predicted octanol–water partition coefficient (Wildman–Crippen LogP) is 1.85. The summed E-state index contributed by atoms with van der Waals surface area (Å²) >= 11 is 3.43. The number of halogens is 1. The van der Waals surface area contributed by atoms with Gasteiger partial charge in [0, 0.05) is 4.83 Å². The van der Waals surface area contributed by atoms with Gasteiger partial charge in [-0.05, 0) is 11.4 Å². The molecule has 0 saturated heterocycles. The second-order valence-electron chi connectivity index (χ2n) is 4.16. The molecule has 0 heterocycles. The minimum Gasteiger partial charge on any atom is -0.136 e. The van der Waals surface area contributed by atoms with Crippen LogP contribution in [-0.2, 0) is 0 Å². The SMILES string of the molecule is [B]/C=C/C([B])C([B])/C=C/C1=CC([B])C(Br)C=C1[B]. The van der Waals surface area contributed by atoms with Crippen molar-refractivity contribution in [1.82, 2.24) is 0 Å². The zero-order chi connectivity index (χ0) is 13.7. The Morgan fingerprint density at radius 3 is 2.39 bits per heavy atom. The predicted molar refractivity (Wildman–Crippen MR) is 87.2 cm³/mol. The third-order valence-electron chi connectivity index (χ3n) is 2.69. The third kappa shape index (κ3) is 4.46. The molecule has 0 aliphatic heterocycles. The van der Waals surface area contributed by atoms with Gasteiger partial charge in [0.1, 0.15) is 15.7 Å². The lowest BCUT2D eigenvalue weighted by Gasteiger charge is -2.21. The summed E-state index contributed by atoms with van der Waals surface area (Å²) in [5.74, 6) is 0.637. The molecule has 4 atom stereocenters. The highest BCUT2D eigenvalue weighted by atomic mass is 79.9. The molecule has 1 rings (SSSR count). The van der Waals surface area contributed by atoms with Crippen molar-refractivity contribution in [2.75, 3.05) is 0 Å². The standard InChI is InChI=1S/C12H10B5Br/c13-4-3-9(15)8(14)2-1-7-5-11(17)12(18)6-10(7)16/h1-6,8-9,11-12H/b2-1+,4-3+. The van der Waals surface area contributed by atoms with Crippen LogP contribution in [0.4, 0.5) is 0 Å². The van der Waals surface area contributed by atoms with E-state index in [1.165, 1.54) is 5.98 Å². The Balaban J connectivity index is 2.73. The topological polar surface area (TPSA) is 0 Å². The van der Waals surface area contributed by atoms with Gasteiger partial charge in [-0.2, -0.15) is 0 Å². The Morgan fingerprint density at radius 2 is 1.78 bits per heavy atom. The van der Waals surface area contributed by atoms with Gasteiger partial charge in [-0.1, -0.05) is 57.3 Å². The van der Waals surface area contributed by atoms with Crippen LogP contribution in [0.5, 0.6) is 0 Å². The molecular formula is C12H10B5Br. The van der Waals surface area contributed by atoms with Crippen LogP contribution in [-0.4, -0.2) is 44.1 Å². The van der Waals surface area contributed by atoms with Crippen molar-refractivity contribution in [3.05, 3.63) is 47.4 Å².